The quantitative estimate of drug-likeness (QED) is 0.145. The van der Waals surface area contributed by atoms with Gasteiger partial charge in [-0.05, 0) is 17.0 Å². The summed E-state index contributed by atoms with van der Waals surface area (Å²) in [7, 11) is 0. The Hall–Kier alpha value is -4.92. The van der Waals surface area contributed by atoms with Crippen molar-refractivity contribution >= 4 is 35.0 Å². The average Bonchev–Trinajstić information content (AvgIpc) is 3.47. The summed E-state index contributed by atoms with van der Waals surface area (Å²) in [5, 5.41) is 12.0. The summed E-state index contributed by atoms with van der Waals surface area (Å²) in [4.78, 5) is 50.9. The number of benzene rings is 2. The molecule has 0 fully saturated rings. The van der Waals surface area contributed by atoms with Gasteiger partial charge in [-0.15, -0.1) is 0 Å². The number of carbonyl (C=O) groups is 3. The van der Waals surface area contributed by atoms with Gasteiger partial charge in [0.1, 0.15) is 26.0 Å². The zero-order chi connectivity index (χ0) is 32.6. The number of ether oxygens (including phenoxy) is 4. The predicted molar refractivity (Wildman–Crippen MR) is 167 cm³/mol. The van der Waals surface area contributed by atoms with Crippen molar-refractivity contribution in [1.29, 1.82) is 0 Å². The number of fused-ring (bicyclic) bond motifs is 1. The summed E-state index contributed by atoms with van der Waals surface area (Å²) in [6.07, 6.45) is 1.89. The van der Waals surface area contributed by atoms with Crippen molar-refractivity contribution in [2.24, 2.45) is 5.92 Å². The van der Waals surface area contributed by atoms with Gasteiger partial charge in [0.15, 0.2) is 17.0 Å². The lowest BCUT2D eigenvalue weighted by Gasteiger charge is -2.24. The van der Waals surface area contributed by atoms with Crippen LogP contribution in [0.15, 0.2) is 73.3 Å². The van der Waals surface area contributed by atoms with Crippen LogP contribution >= 0.6 is 0 Å². The number of hydrogen-bond acceptors (Lipinski definition) is 10. The highest BCUT2D eigenvalue weighted by Crippen LogP contribution is 2.18. The van der Waals surface area contributed by atoms with Crippen molar-refractivity contribution in [1.82, 2.24) is 24.4 Å². The van der Waals surface area contributed by atoms with E-state index in [0.717, 1.165) is 11.1 Å². The summed E-state index contributed by atoms with van der Waals surface area (Å²) in [5.74, 6) is -1.60. The Morgan fingerprint density at radius 3 is 2.22 bits per heavy atom. The Kier molecular flexibility index (Phi) is 13.4. The number of nitrogens with zero attached hydrogens (tertiary/aromatic N) is 5. The average molecular weight is 635 g/mol. The second kappa shape index (κ2) is 18.1. The molecule has 1 atom stereocenters. The van der Waals surface area contributed by atoms with E-state index in [4.69, 9.17) is 18.9 Å². The van der Waals surface area contributed by atoms with Crippen molar-refractivity contribution in [3.05, 3.63) is 84.4 Å². The van der Waals surface area contributed by atoms with Crippen molar-refractivity contribution in [3.63, 3.8) is 0 Å². The Balaban J connectivity index is 1.20. The molecule has 4 rings (SSSR count). The monoisotopic (exact) mass is 634 g/mol. The smallest absolute Gasteiger partial charge is 0.413 e. The first-order chi connectivity index (χ1) is 22.4. The molecule has 0 aliphatic rings. The number of aromatic nitrogens is 4. The largest absolute Gasteiger partial charge is 0.480 e. The number of hydrogen-bond donors (Lipinski definition) is 2. The summed E-state index contributed by atoms with van der Waals surface area (Å²) in [5.41, 5.74) is 2.47. The third-order valence-corrected chi connectivity index (χ3v) is 6.61. The zero-order valence-electron chi connectivity index (χ0n) is 25.6. The third-order valence-electron chi connectivity index (χ3n) is 6.61. The first kappa shape index (κ1) is 34.0. The molecule has 0 radical (unpaired) electrons. The molecule has 0 aliphatic heterocycles. The van der Waals surface area contributed by atoms with Gasteiger partial charge in [-0.1, -0.05) is 67.6 Å². The van der Waals surface area contributed by atoms with Crippen LogP contribution in [0.25, 0.3) is 11.2 Å². The standard InChI is InChI=1S/C32H38N6O8/c1-24(19-44-14-12-43-13-15-45-20-25-8-4-2-5-9-25)16-37(18-28(40)41)27(39)17-38-23-35-29-30(33-22-34-31(29)38)36-32(42)46-21-26-10-6-3-7-11-26/h2-11,22-24H,12-21H2,1H3,(H,40,41)(H,33,34,36,42)/t24-/m0/s1. The lowest BCUT2D eigenvalue weighted by atomic mass is 10.2. The summed E-state index contributed by atoms with van der Waals surface area (Å²) < 4.78 is 23.5. The highest BCUT2D eigenvalue weighted by molar-refractivity contribution is 5.93. The summed E-state index contributed by atoms with van der Waals surface area (Å²) in [6.45, 7) is 3.91. The molecular formula is C32H38N6O8. The minimum absolute atomic E-state index is 0.0749. The highest BCUT2D eigenvalue weighted by atomic mass is 16.6. The molecule has 0 saturated heterocycles. The third kappa shape index (κ3) is 11.2. The molecule has 0 bridgehead atoms. The van der Waals surface area contributed by atoms with E-state index in [2.05, 4.69) is 20.3 Å². The van der Waals surface area contributed by atoms with Crippen LogP contribution in [-0.2, 0) is 48.3 Å². The summed E-state index contributed by atoms with van der Waals surface area (Å²) in [6, 6.07) is 19.1. The van der Waals surface area contributed by atoms with Gasteiger partial charge in [-0.3, -0.25) is 14.9 Å². The molecule has 14 heteroatoms. The predicted octanol–water partition coefficient (Wildman–Crippen LogP) is 3.37. The van der Waals surface area contributed by atoms with E-state index in [-0.39, 0.29) is 36.9 Å². The maximum absolute atomic E-state index is 13.2. The van der Waals surface area contributed by atoms with Crippen LogP contribution in [0.4, 0.5) is 10.6 Å². The first-order valence-electron chi connectivity index (χ1n) is 14.8. The molecule has 46 heavy (non-hydrogen) atoms. The van der Waals surface area contributed by atoms with E-state index >= 15 is 0 Å². The molecule has 14 nitrogen and oxygen atoms in total. The van der Waals surface area contributed by atoms with Gasteiger partial charge in [0.2, 0.25) is 5.91 Å². The maximum atomic E-state index is 13.2. The minimum atomic E-state index is -1.14. The van der Waals surface area contributed by atoms with Crippen molar-refractivity contribution in [2.45, 2.75) is 26.7 Å². The fourth-order valence-electron chi connectivity index (χ4n) is 4.42. The van der Waals surface area contributed by atoms with Crippen LogP contribution < -0.4 is 5.32 Å². The van der Waals surface area contributed by atoms with Gasteiger partial charge in [-0.2, -0.15) is 0 Å². The number of carbonyl (C=O) groups excluding carboxylic acids is 2. The van der Waals surface area contributed by atoms with Crippen molar-refractivity contribution in [2.75, 3.05) is 51.4 Å². The molecule has 2 N–H and O–H groups in total. The van der Waals surface area contributed by atoms with Crippen LogP contribution in [-0.4, -0.2) is 93.6 Å². The van der Waals surface area contributed by atoms with Crippen LogP contribution in [0.3, 0.4) is 0 Å². The fourth-order valence-corrected chi connectivity index (χ4v) is 4.42. The molecule has 0 saturated carbocycles. The van der Waals surface area contributed by atoms with Gasteiger partial charge in [-0.25, -0.2) is 19.7 Å². The molecular weight excluding hydrogens is 596 g/mol. The van der Waals surface area contributed by atoms with Gasteiger partial charge in [0.25, 0.3) is 0 Å². The van der Waals surface area contributed by atoms with E-state index < -0.39 is 24.5 Å². The number of amides is 2. The molecule has 2 heterocycles. The minimum Gasteiger partial charge on any atom is -0.480 e. The molecule has 0 spiro atoms. The lowest BCUT2D eigenvalue weighted by Crippen LogP contribution is -2.41. The van der Waals surface area contributed by atoms with Gasteiger partial charge >= 0.3 is 12.1 Å². The number of carboxylic acids is 1. The number of nitrogens with one attached hydrogen (secondary N) is 1. The Morgan fingerprint density at radius 1 is 0.870 bits per heavy atom. The van der Waals surface area contributed by atoms with Crippen LogP contribution in [0.1, 0.15) is 18.1 Å². The van der Waals surface area contributed by atoms with E-state index in [9.17, 15) is 19.5 Å². The molecule has 0 aliphatic carbocycles. The fraction of sp³-hybridized carbons (Fsp3) is 0.375. The molecule has 244 valence electrons. The number of rotatable bonds is 19. The molecule has 2 aromatic heterocycles. The summed E-state index contributed by atoms with van der Waals surface area (Å²) >= 11 is 0. The molecule has 0 unspecified atom stereocenters. The zero-order valence-corrected chi connectivity index (χ0v) is 25.6. The Bertz CT molecular complexity index is 1540. The number of aliphatic carboxylic acids is 1. The normalized spacial score (nSPS) is 11.7. The lowest BCUT2D eigenvalue weighted by molar-refractivity contribution is -0.145. The number of anilines is 1. The molecule has 2 amide bonds. The van der Waals surface area contributed by atoms with E-state index in [0.29, 0.717) is 45.3 Å². The molecule has 2 aromatic carbocycles. The number of imidazole rings is 1. The number of carboxylic acid groups (broad SMARTS) is 1. The SMILES string of the molecule is C[C@H](COCCOCCOCc1ccccc1)CN(CC(=O)O)C(=O)Cn1cnc2c(NC(=O)OCc3ccccc3)ncnc21. The second-order valence-electron chi connectivity index (χ2n) is 10.5. The first-order valence-corrected chi connectivity index (χ1v) is 14.8. The highest BCUT2D eigenvalue weighted by Gasteiger charge is 2.22. The Labute approximate surface area is 266 Å². The van der Waals surface area contributed by atoms with Crippen LogP contribution in [0, 0.1) is 5.92 Å². The van der Waals surface area contributed by atoms with Crippen molar-refractivity contribution in [3.8, 4) is 0 Å². The molecule has 4 aromatic rings. The maximum Gasteiger partial charge on any atom is 0.413 e. The van der Waals surface area contributed by atoms with Gasteiger partial charge in [0.05, 0.1) is 46.0 Å². The van der Waals surface area contributed by atoms with Crippen molar-refractivity contribution < 1.29 is 38.4 Å². The van der Waals surface area contributed by atoms with Gasteiger partial charge < -0.3 is 33.5 Å². The van der Waals surface area contributed by atoms with E-state index in [1.54, 1.807) is 0 Å². The van der Waals surface area contributed by atoms with Gasteiger partial charge in [0, 0.05) is 6.54 Å². The Morgan fingerprint density at radius 2 is 1.52 bits per heavy atom. The topological polar surface area (TPSA) is 167 Å². The van der Waals surface area contributed by atoms with E-state index in [1.165, 1.54) is 22.1 Å². The second-order valence-corrected chi connectivity index (χ2v) is 10.5. The van der Waals surface area contributed by atoms with E-state index in [1.807, 2.05) is 67.6 Å². The van der Waals surface area contributed by atoms with Crippen LogP contribution in [0.5, 0.6) is 0 Å². The van der Waals surface area contributed by atoms with Crippen LogP contribution in [0.2, 0.25) is 0 Å².